The largest absolute Gasteiger partial charge is 0.507 e. The van der Waals surface area contributed by atoms with E-state index in [1.54, 1.807) is 6.07 Å². The number of hydrogen-bond donors (Lipinski definition) is 1. The van der Waals surface area contributed by atoms with Gasteiger partial charge < -0.3 is 9.63 Å². The highest BCUT2D eigenvalue weighted by Crippen LogP contribution is 2.35. The average molecular weight is 376 g/mol. The molecule has 1 aliphatic heterocycles. The molecule has 27 heavy (non-hydrogen) atoms. The first-order valence-electron chi connectivity index (χ1n) is 9.02. The topological polar surface area (TPSA) is 49.5 Å². The molecule has 4 nitrogen and oxygen atoms in total. The number of nitrogens with zero attached hydrogens (tertiary/aromatic N) is 2. The number of phenolic OH excluding ortho intramolecular Hbond substituents is 1. The van der Waals surface area contributed by atoms with Gasteiger partial charge in [0, 0.05) is 12.1 Å². The molecule has 2 heterocycles. The van der Waals surface area contributed by atoms with Crippen molar-refractivity contribution in [2.45, 2.75) is 32.2 Å². The van der Waals surface area contributed by atoms with Crippen molar-refractivity contribution < 1.29 is 22.8 Å². The first-order valence-corrected chi connectivity index (χ1v) is 9.02. The maximum absolute atomic E-state index is 13.6. The van der Waals surface area contributed by atoms with Crippen molar-refractivity contribution in [2.24, 2.45) is 0 Å². The van der Waals surface area contributed by atoms with E-state index in [0.29, 0.717) is 23.1 Å². The molecule has 142 valence electrons. The number of likely N-dealkylation sites (tertiary alicyclic amines) is 1. The predicted molar refractivity (Wildman–Crippen MR) is 94.7 cm³/mol. The standard InChI is InChI=1S/C20H19F3N2O2/c21-15-9-12(10-16(22)18(15)23)19-13-5-6-17(26)14(20(13)27-24-19)11-25-7-3-1-2-4-8-25/h5-6,9-10,26H,1-4,7-8,11H2. The number of hydrogen-bond acceptors (Lipinski definition) is 4. The molecule has 1 fully saturated rings. The molecule has 0 aliphatic carbocycles. The van der Waals surface area contributed by atoms with Crippen LogP contribution in [0, 0.1) is 17.5 Å². The molecule has 7 heteroatoms. The molecule has 1 aromatic heterocycles. The van der Waals surface area contributed by atoms with E-state index in [9.17, 15) is 18.3 Å². The fourth-order valence-corrected chi connectivity index (χ4v) is 3.62. The number of benzene rings is 2. The van der Waals surface area contributed by atoms with E-state index in [1.807, 2.05) is 0 Å². The molecular weight excluding hydrogens is 357 g/mol. The Labute approximate surface area is 154 Å². The molecule has 0 saturated carbocycles. The maximum Gasteiger partial charge on any atom is 0.194 e. The van der Waals surface area contributed by atoms with Crippen LogP contribution in [0.3, 0.4) is 0 Å². The van der Waals surface area contributed by atoms with Gasteiger partial charge in [-0.1, -0.05) is 18.0 Å². The summed E-state index contributed by atoms with van der Waals surface area (Å²) in [6, 6.07) is 4.88. The minimum atomic E-state index is -1.52. The minimum Gasteiger partial charge on any atom is -0.507 e. The van der Waals surface area contributed by atoms with Crippen LogP contribution < -0.4 is 0 Å². The third-order valence-electron chi connectivity index (χ3n) is 5.06. The van der Waals surface area contributed by atoms with Gasteiger partial charge in [-0.15, -0.1) is 0 Å². The van der Waals surface area contributed by atoms with Crippen molar-refractivity contribution in [3.8, 4) is 17.0 Å². The molecular formula is C20H19F3N2O2. The van der Waals surface area contributed by atoms with Gasteiger partial charge in [0.05, 0.1) is 10.9 Å². The molecule has 0 spiro atoms. The predicted octanol–water partition coefficient (Wildman–Crippen LogP) is 4.99. The first-order chi connectivity index (χ1) is 13.0. The first kappa shape index (κ1) is 17.9. The number of phenols is 1. The summed E-state index contributed by atoms with van der Waals surface area (Å²) in [5, 5.41) is 14.8. The Hall–Kier alpha value is -2.54. The summed E-state index contributed by atoms with van der Waals surface area (Å²) in [4.78, 5) is 2.25. The van der Waals surface area contributed by atoms with Crippen LogP contribution in [0.4, 0.5) is 13.2 Å². The lowest BCUT2D eigenvalue weighted by Crippen LogP contribution is -2.24. The molecule has 1 N–H and O–H groups in total. The number of fused-ring (bicyclic) bond motifs is 1. The third-order valence-corrected chi connectivity index (χ3v) is 5.06. The summed E-state index contributed by atoms with van der Waals surface area (Å²) >= 11 is 0. The highest BCUT2D eigenvalue weighted by molar-refractivity contribution is 5.94. The number of halogens is 3. The molecule has 0 radical (unpaired) electrons. The van der Waals surface area contributed by atoms with Gasteiger partial charge in [0.15, 0.2) is 23.0 Å². The quantitative estimate of drug-likeness (QED) is 0.654. The van der Waals surface area contributed by atoms with Gasteiger partial charge in [-0.2, -0.15) is 0 Å². The van der Waals surface area contributed by atoms with Gasteiger partial charge in [0.1, 0.15) is 11.4 Å². The zero-order valence-electron chi connectivity index (χ0n) is 14.6. The summed E-state index contributed by atoms with van der Waals surface area (Å²) in [6.07, 6.45) is 4.60. The van der Waals surface area contributed by atoms with Gasteiger partial charge in [0.25, 0.3) is 0 Å². The van der Waals surface area contributed by atoms with Crippen molar-refractivity contribution in [1.82, 2.24) is 10.1 Å². The highest BCUT2D eigenvalue weighted by atomic mass is 19.2. The Balaban J connectivity index is 1.76. The lowest BCUT2D eigenvalue weighted by Gasteiger charge is -2.20. The summed E-state index contributed by atoms with van der Waals surface area (Å²) in [7, 11) is 0. The molecule has 3 aromatic rings. The van der Waals surface area contributed by atoms with Crippen LogP contribution in [-0.2, 0) is 6.54 Å². The van der Waals surface area contributed by atoms with Crippen molar-refractivity contribution in [1.29, 1.82) is 0 Å². The van der Waals surface area contributed by atoms with E-state index in [0.717, 1.165) is 38.1 Å². The lowest BCUT2D eigenvalue weighted by atomic mass is 10.0. The van der Waals surface area contributed by atoms with E-state index in [4.69, 9.17) is 4.52 Å². The maximum atomic E-state index is 13.6. The molecule has 0 bridgehead atoms. The number of aromatic hydroxyl groups is 1. The summed E-state index contributed by atoms with van der Waals surface area (Å²) in [5.41, 5.74) is 1.26. The van der Waals surface area contributed by atoms with E-state index in [2.05, 4.69) is 10.1 Å². The van der Waals surface area contributed by atoms with E-state index < -0.39 is 17.5 Å². The van der Waals surface area contributed by atoms with Crippen LogP contribution in [0.2, 0.25) is 0 Å². The van der Waals surface area contributed by atoms with E-state index in [1.165, 1.54) is 18.9 Å². The van der Waals surface area contributed by atoms with Crippen LogP contribution in [0.5, 0.6) is 5.75 Å². The van der Waals surface area contributed by atoms with Crippen LogP contribution in [0.1, 0.15) is 31.2 Å². The number of rotatable bonds is 3. The molecule has 4 rings (SSSR count). The number of aromatic nitrogens is 1. The Bertz CT molecular complexity index is 956. The summed E-state index contributed by atoms with van der Waals surface area (Å²) < 4.78 is 45.9. The van der Waals surface area contributed by atoms with Gasteiger partial charge in [0.2, 0.25) is 0 Å². The van der Waals surface area contributed by atoms with Crippen molar-refractivity contribution >= 4 is 11.0 Å². The molecule has 0 amide bonds. The molecule has 1 aliphatic rings. The fraction of sp³-hybridized carbons (Fsp3) is 0.350. The molecule has 0 atom stereocenters. The van der Waals surface area contributed by atoms with Gasteiger partial charge >= 0.3 is 0 Å². The van der Waals surface area contributed by atoms with E-state index >= 15 is 0 Å². The Morgan fingerprint density at radius 2 is 1.67 bits per heavy atom. The van der Waals surface area contributed by atoms with Gasteiger partial charge in [-0.25, -0.2) is 13.2 Å². The summed E-state index contributed by atoms with van der Waals surface area (Å²) in [6.45, 7) is 2.38. The average Bonchev–Trinajstić information content (AvgIpc) is 2.91. The SMILES string of the molecule is Oc1ccc2c(-c3cc(F)c(F)c(F)c3)noc2c1CN1CCCCCC1. The monoisotopic (exact) mass is 376 g/mol. The van der Waals surface area contributed by atoms with Gasteiger partial charge in [-0.3, -0.25) is 4.90 Å². The normalized spacial score (nSPS) is 16.0. The van der Waals surface area contributed by atoms with Crippen LogP contribution >= 0.6 is 0 Å². The Morgan fingerprint density at radius 1 is 1.00 bits per heavy atom. The lowest BCUT2D eigenvalue weighted by molar-refractivity contribution is 0.272. The zero-order valence-corrected chi connectivity index (χ0v) is 14.6. The van der Waals surface area contributed by atoms with Crippen molar-refractivity contribution in [3.63, 3.8) is 0 Å². The Morgan fingerprint density at radius 3 is 2.33 bits per heavy atom. The second-order valence-electron chi connectivity index (χ2n) is 6.92. The van der Waals surface area contributed by atoms with Crippen LogP contribution in [0.25, 0.3) is 22.2 Å². The smallest absolute Gasteiger partial charge is 0.194 e. The molecule has 1 saturated heterocycles. The zero-order chi connectivity index (χ0) is 19.0. The molecule has 2 aromatic carbocycles. The van der Waals surface area contributed by atoms with Crippen molar-refractivity contribution in [2.75, 3.05) is 13.1 Å². The summed E-state index contributed by atoms with van der Waals surface area (Å²) in [5.74, 6) is -4.01. The second kappa shape index (κ2) is 7.23. The van der Waals surface area contributed by atoms with Gasteiger partial charge in [-0.05, 0) is 50.2 Å². The second-order valence-corrected chi connectivity index (χ2v) is 6.92. The Kier molecular flexibility index (Phi) is 4.78. The third kappa shape index (κ3) is 3.39. The minimum absolute atomic E-state index is 0.0802. The van der Waals surface area contributed by atoms with Crippen molar-refractivity contribution in [3.05, 3.63) is 47.3 Å². The van der Waals surface area contributed by atoms with Crippen LogP contribution in [0.15, 0.2) is 28.8 Å². The van der Waals surface area contributed by atoms with E-state index in [-0.39, 0.29) is 17.0 Å². The highest BCUT2D eigenvalue weighted by Gasteiger charge is 2.21. The van der Waals surface area contributed by atoms with Crippen LogP contribution in [-0.4, -0.2) is 28.3 Å². The molecule has 0 unspecified atom stereocenters. The fourth-order valence-electron chi connectivity index (χ4n) is 3.62.